The van der Waals surface area contributed by atoms with Gasteiger partial charge in [-0.25, -0.2) is 0 Å². The molecule has 0 aromatic carbocycles. The van der Waals surface area contributed by atoms with E-state index in [0.717, 1.165) is 0 Å². The number of aliphatic carboxylic acids is 1. The van der Waals surface area contributed by atoms with Crippen LogP contribution in [0.15, 0.2) is 0 Å². The molecule has 5 nitrogen and oxygen atoms in total. The van der Waals surface area contributed by atoms with Gasteiger partial charge in [-0.05, 0) is 0 Å². The average Bonchev–Trinajstić information content (AvgIpc) is 2.46. The number of hydrogen-bond acceptors (Lipinski definition) is 4. The largest absolute Gasteiger partial charge is 0.550 e. The maximum Gasteiger partial charge on any atom is 0.252 e. The van der Waals surface area contributed by atoms with Crippen LogP contribution in [0.3, 0.4) is 0 Å². The van der Waals surface area contributed by atoms with Crippen molar-refractivity contribution < 1.29 is 19.4 Å². The first kappa shape index (κ1) is 10.9. The molecule has 1 amide bonds. The van der Waals surface area contributed by atoms with Crippen molar-refractivity contribution in [1.29, 1.82) is 0 Å². The number of nitrogens with two attached hydrogens (primary N) is 1. The monoisotopic (exact) mass is 167 g/mol. The number of rotatable bonds is 3. The van der Waals surface area contributed by atoms with Gasteiger partial charge < -0.3 is 20.4 Å². The summed E-state index contributed by atoms with van der Waals surface area (Å²) in [6.45, 7) is 0.0936. The van der Waals surface area contributed by atoms with Gasteiger partial charge in [-0.15, -0.1) is 0 Å². The van der Waals surface area contributed by atoms with Gasteiger partial charge in [0.2, 0.25) is 0 Å². The van der Waals surface area contributed by atoms with Gasteiger partial charge in [-0.2, -0.15) is 0 Å². The standard InChI is InChI=1S/C5H7NO4.Na/c6-4(9)5(2-10-5)1-3(7)8;/h1-2H2,(H2,6,9)(H,7,8);/p-1. The molecule has 0 aromatic rings. The third-order valence-electron chi connectivity index (χ3n) is 1.37. The molecule has 1 aliphatic heterocycles. The van der Waals surface area contributed by atoms with Crippen molar-refractivity contribution >= 4 is 41.4 Å². The van der Waals surface area contributed by atoms with Gasteiger partial charge in [0.25, 0.3) is 5.91 Å². The first-order chi connectivity index (χ1) is 4.57. The zero-order valence-corrected chi connectivity index (χ0v) is 8.12. The molecule has 1 radical (unpaired) electrons. The van der Waals surface area contributed by atoms with Gasteiger partial charge in [0.05, 0.1) is 6.61 Å². The van der Waals surface area contributed by atoms with Crippen molar-refractivity contribution in [2.75, 3.05) is 6.61 Å². The van der Waals surface area contributed by atoms with Crippen molar-refractivity contribution in [3.05, 3.63) is 0 Å². The number of epoxide rings is 1. The second-order valence-electron chi connectivity index (χ2n) is 2.20. The van der Waals surface area contributed by atoms with Crippen LogP contribution in [0.2, 0.25) is 0 Å². The van der Waals surface area contributed by atoms with Crippen LogP contribution in [0, 0.1) is 0 Å². The Kier molecular flexibility index (Phi) is 3.50. The molecule has 2 N–H and O–H groups in total. The summed E-state index contributed by atoms with van der Waals surface area (Å²) in [7, 11) is 0. The second-order valence-corrected chi connectivity index (χ2v) is 2.20. The number of amides is 1. The van der Waals surface area contributed by atoms with Crippen LogP contribution in [0.4, 0.5) is 0 Å². The summed E-state index contributed by atoms with van der Waals surface area (Å²) in [5.41, 5.74) is 3.57. The van der Waals surface area contributed by atoms with Gasteiger partial charge in [0.1, 0.15) is 0 Å². The van der Waals surface area contributed by atoms with Crippen molar-refractivity contribution in [2.45, 2.75) is 12.0 Å². The number of carboxylic acid groups (broad SMARTS) is 1. The fraction of sp³-hybridized carbons (Fsp3) is 0.600. The summed E-state index contributed by atoms with van der Waals surface area (Å²) < 4.78 is 4.57. The molecule has 1 unspecified atom stereocenters. The minimum atomic E-state index is -1.32. The summed E-state index contributed by atoms with van der Waals surface area (Å²) in [5, 5.41) is 9.96. The SMILES string of the molecule is NC(=O)C1(CC(=O)[O-])CO1.[Na]. The molecule has 1 aliphatic rings. The van der Waals surface area contributed by atoms with Crippen LogP contribution in [0.5, 0.6) is 0 Å². The van der Waals surface area contributed by atoms with E-state index >= 15 is 0 Å². The van der Waals surface area contributed by atoms with Crippen LogP contribution in [0.25, 0.3) is 0 Å². The smallest absolute Gasteiger partial charge is 0.252 e. The molecule has 0 bridgehead atoms. The van der Waals surface area contributed by atoms with Gasteiger partial charge in [-0.3, -0.25) is 4.79 Å². The third-order valence-corrected chi connectivity index (χ3v) is 1.37. The van der Waals surface area contributed by atoms with Crippen LogP contribution in [0.1, 0.15) is 6.42 Å². The summed E-state index contributed by atoms with van der Waals surface area (Å²) in [6, 6.07) is 0. The Morgan fingerprint density at radius 1 is 1.64 bits per heavy atom. The van der Waals surface area contributed by atoms with E-state index in [-0.39, 0.29) is 36.2 Å². The number of carboxylic acids is 1. The number of carbonyl (C=O) groups is 2. The zero-order valence-electron chi connectivity index (χ0n) is 6.12. The maximum absolute atomic E-state index is 10.4. The first-order valence-electron chi connectivity index (χ1n) is 2.70. The minimum Gasteiger partial charge on any atom is -0.550 e. The predicted molar refractivity (Wildman–Crippen MR) is 33.3 cm³/mol. The molecule has 0 saturated carbocycles. The summed E-state index contributed by atoms with van der Waals surface area (Å²) in [6.07, 6.45) is -0.442. The molecule has 0 aromatic heterocycles. The van der Waals surface area contributed by atoms with E-state index in [4.69, 9.17) is 5.73 Å². The van der Waals surface area contributed by atoms with Crippen molar-refractivity contribution in [1.82, 2.24) is 0 Å². The summed E-state index contributed by atoms with van der Waals surface area (Å²) in [4.78, 5) is 20.4. The summed E-state index contributed by atoms with van der Waals surface area (Å²) in [5.74, 6) is -2.06. The number of ether oxygens (including phenoxy) is 1. The van der Waals surface area contributed by atoms with E-state index in [9.17, 15) is 14.7 Å². The zero-order chi connectivity index (χ0) is 7.78. The topological polar surface area (TPSA) is 95.8 Å². The Labute approximate surface area is 85.2 Å². The van der Waals surface area contributed by atoms with Gasteiger partial charge in [0.15, 0.2) is 5.60 Å². The van der Waals surface area contributed by atoms with Gasteiger partial charge in [0, 0.05) is 41.9 Å². The molecule has 0 spiro atoms. The van der Waals surface area contributed by atoms with E-state index in [2.05, 4.69) is 4.74 Å². The van der Waals surface area contributed by atoms with E-state index in [1.54, 1.807) is 0 Å². The van der Waals surface area contributed by atoms with E-state index in [0.29, 0.717) is 0 Å². The second kappa shape index (κ2) is 3.53. The third kappa shape index (κ3) is 2.44. The van der Waals surface area contributed by atoms with Crippen LogP contribution in [-0.2, 0) is 14.3 Å². The molecule has 0 aliphatic carbocycles. The fourth-order valence-electron chi connectivity index (χ4n) is 0.652. The molecule has 1 atom stereocenters. The Hall–Kier alpha value is -0.100. The van der Waals surface area contributed by atoms with E-state index in [1.807, 2.05) is 0 Å². The van der Waals surface area contributed by atoms with Crippen molar-refractivity contribution in [3.63, 3.8) is 0 Å². The van der Waals surface area contributed by atoms with E-state index < -0.39 is 23.9 Å². The normalized spacial score (nSPS) is 26.9. The first-order valence-corrected chi connectivity index (χ1v) is 2.70. The van der Waals surface area contributed by atoms with Crippen molar-refractivity contribution in [2.24, 2.45) is 5.73 Å². The Balaban J connectivity index is 0.000001000. The maximum atomic E-state index is 10.4. The summed E-state index contributed by atoms with van der Waals surface area (Å²) >= 11 is 0. The molecule has 1 rings (SSSR count). The minimum absolute atomic E-state index is 0. The fourth-order valence-corrected chi connectivity index (χ4v) is 0.652. The van der Waals surface area contributed by atoms with Crippen LogP contribution in [-0.4, -0.2) is 53.6 Å². The Morgan fingerprint density at radius 3 is 2.18 bits per heavy atom. The number of primary amides is 1. The Bertz CT molecular complexity index is 189. The molecular weight excluding hydrogens is 161 g/mol. The molecule has 57 valence electrons. The molecular formula is C5H6NNaO4-. The van der Waals surface area contributed by atoms with Crippen LogP contribution >= 0.6 is 0 Å². The number of carbonyl (C=O) groups excluding carboxylic acids is 2. The van der Waals surface area contributed by atoms with Crippen LogP contribution < -0.4 is 10.8 Å². The molecule has 1 saturated heterocycles. The van der Waals surface area contributed by atoms with Gasteiger partial charge >= 0.3 is 0 Å². The van der Waals surface area contributed by atoms with E-state index in [1.165, 1.54) is 0 Å². The number of hydrogen-bond donors (Lipinski definition) is 1. The van der Waals surface area contributed by atoms with Crippen molar-refractivity contribution in [3.8, 4) is 0 Å². The molecule has 6 heteroatoms. The quantitative estimate of drug-likeness (QED) is 0.358. The van der Waals surface area contributed by atoms with Gasteiger partial charge in [-0.1, -0.05) is 0 Å². The molecule has 11 heavy (non-hydrogen) atoms. The molecule has 1 fully saturated rings. The predicted octanol–water partition coefficient (Wildman–Crippen LogP) is -3.00. The molecule has 1 heterocycles. The average molecular weight is 167 g/mol. The Morgan fingerprint density at radius 2 is 2.09 bits per heavy atom.